The quantitative estimate of drug-likeness (QED) is 0.585. The maximum Gasteiger partial charge on any atom is 0.326 e. The third kappa shape index (κ3) is 5.46. The van der Waals surface area contributed by atoms with E-state index < -0.39 is 30.4 Å². The Morgan fingerprint density at radius 3 is 2.20 bits per heavy atom. The fourth-order valence-electron chi connectivity index (χ4n) is 2.48. The number of hydrogen-bond acceptors (Lipinski definition) is 3. The first-order chi connectivity index (χ1) is 9.42. The molecule has 0 aliphatic heterocycles. The molecule has 0 aromatic carbocycles. The number of carbonyl (C=O) groups is 3. The molecule has 0 aromatic rings. The van der Waals surface area contributed by atoms with Crippen LogP contribution in [0.1, 0.15) is 45.4 Å². The third-order valence-corrected chi connectivity index (χ3v) is 3.74. The fraction of sp³-hybridized carbons (Fsp3) is 0.769. The van der Waals surface area contributed by atoms with Gasteiger partial charge < -0.3 is 20.8 Å². The average Bonchev–Trinajstić information content (AvgIpc) is 2.38. The Morgan fingerprint density at radius 2 is 1.75 bits per heavy atom. The highest BCUT2D eigenvalue weighted by Gasteiger charge is 2.25. The zero-order valence-electron chi connectivity index (χ0n) is 11.6. The Hall–Kier alpha value is -1.79. The van der Waals surface area contributed by atoms with E-state index in [9.17, 15) is 14.4 Å². The molecule has 1 atom stereocenters. The molecule has 0 bridgehead atoms. The van der Waals surface area contributed by atoms with E-state index in [0.717, 1.165) is 32.1 Å². The van der Waals surface area contributed by atoms with Crippen LogP contribution < -0.4 is 10.6 Å². The lowest BCUT2D eigenvalue weighted by Gasteiger charge is -2.28. The first-order valence-electron chi connectivity index (χ1n) is 6.94. The number of rotatable bonds is 6. The van der Waals surface area contributed by atoms with Crippen LogP contribution >= 0.6 is 0 Å². The summed E-state index contributed by atoms with van der Waals surface area (Å²) in [6.45, 7) is 2.15. The summed E-state index contributed by atoms with van der Waals surface area (Å²) in [5.41, 5.74) is 0. The van der Waals surface area contributed by atoms with E-state index in [1.165, 1.54) is 0 Å². The molecule has 20 heavy (non-hydrogen) atoms. The molecule has 0 aromatic heterocycles. The van der Waals surface area contributed by atoms with Gasteiger partial charge in [0.1, 0.15) is 6.04 Å². The maximum absolute atomic E-state index is 11.7. The lowest BCUT2D eigenvalue weighted by Crippen LogP contribution is -2.50. The summed E-state index contributed by atoms with van der Waals surface area (Å²) in [5, 5.41) is 22.3. The predicted octanol–water partition coefficient (Wildman–Crippen LogP) is 1.18. The van der Waals surface area contributed by atoms with Gasteiger partial charge in [-0.05, 0) is 31.6 Å². The van der Waals surface area contributed by atoms with Crippen LogP contribution in [0.25, 0.3) is 0 Å². The van der Waals surface area contributed by atoms with E-state index in [1.54, 1.807) is 0 Å². The maximum atomic E-state index is 11.7. The van der Waals surface area contributed by atoms with Crippen molar-refractivity contribution in [3.63, 3.8) is 0 Å². The van der Waals surface area contributed by atoms with E-state index in [2.05, 4.69) is 17.6 Å². The van der Waals surface area contributed by atoms with Gasteiger partial charge in [-0.3, -0.25) is 4.79 Å². The highest BCUT2D eigenvalue weighted by atomic mass is 16.4. The molecule has 0 radical (unpaired) electrons. The van der Waals surface area contributed by atoms with Crippen molar-refractivity contribution in [3.8, 4) is 0 Å². The van der Waals surface area contributed by atoms with E-state index in [1.807, 2.05) is 0 Å². The summed E-state index contributed by atoms with van der Waals surface area (Å²) in [6.07, 6.45) is 4.37. The van der Waals surface area contributed by atoms with Crippen LogP contribution in [-0.2, 0) is 9.59 Å². The molecule has 1 unspecified atom stereocenters. The SMILES string of the molecule is CCC1CCC(NC(=O)NC(CC(=O)O)C(=O)O)CC1. The topological polar surface area (TPSA) is 116 Å². The monoisotopic (exact) mass is 286 g/mol. The molecular weight excluding hydrogens is 264 g/mol. The molecule has 7 nitrogen and oxygen atoms in total. The number of amides is 2. The molecule has 0 heterocycles. The molecule has 1 fully saturated rings. The molecule has 4 N–H and O–H groups in total. The van der Waals surface area contributed by atoms with E-state index >= 15 is 0 Å². The largest absolute Gasteiger partial charge is 0.481 e. The first-order valence-corrected chi connectivity index (χ1v) is 6.94. The second kappa shape index (κ2) is 7.72. The van der Waals surface area contributed by atoms with Crippen molar-refractivity contribution < 1.29 is 24.6 Å². The number of urea groups is 1. The third-order valence-electron chi connectivity index (χ3n) is 3.74. The molecular formula is C13H22N2O5. The summed E-state index contributed by atoms with van der Waals surface area (Å²) in [7, 11) is 0. The van der Waals surface area contributed by atoms with Crippen LogP contribution in [0.3, 0.4) is 0 Å². The van der Waals surface area contributed by atoms with Crippen molar-refractivity contribution in [2.75, 3.05) is 0 Å². The van der Waals surface area contributed by atoms with Crippen molar-refractivity contribution in [3.05, 3.63) is 0 Å². The average molecular weight is 286 g/mol. The molecule has 7 heteroatoms. The first kappa shape index (κ1) is 16.3. The van der Waals surface area contributed by atoms with Gasteiger partial charge in [0.05, 0.1) is 6.42 Å². The standard InChI is InChI=1S/C13H22N2O5/c1-2-8-3-5-9(6-4-8)14-13(20)15-10(12(18)19)7-11(16)17/h8-10H,2-7H2,1H3,(H,16,17)(H,18,19)(H2,14,15,20). The Kier molecular flexibility index (Phi) is 6.27. The zero-order valence-corrected chi connectivity index (χ0v) is 11.6. The number of nitrogens with one attached hydrogen (secondary N) is 2. The fourth-order valence-corrected chi connectivity index (χ4v) is 2.48. The Bertz CT molecular complexity index is 364. The molecule has 114 valence electrons. The van der Waals surface area contributed by atoms with Gasteiger partial charge in [0.15, 0.2) is 0 Å². The number of carboxylic acids is 2. The van der Waals surface area contributed by atoms with Gasteiger partial charge in [0, 0.05) is 6.04 Å². The van der Waals surface area contributed by atoms with Gasteiger partial charge in [-0.2, -0.15) is 0 Å². The Labute approximate surface area is 117 Å². The van der Waals surface area contributed by atoms with Crippen molar-refractivity contribution in [2.24, 2.45) is 5.92 Å². The summed E-state index contributed by atoms with van der Waals surface area (Å²) in [5.74, 6) is -1.91. The summed E-state index contributed by atoms with van der Waals surface area (Å²) < 4.78 is 0. The zero-order chi connectivity index (χ0) is 15.1. The minimum atomic E-state index is -1.40. The molecule has 1 aliphatic carbocycles. The van der Waals surface area contributed by atoms with Crippen LogP contribution in [0.15, 0.2) is 0 Å². The molecule has 1 rings (SSSR count). The smallest absolute Gasteiger partial charge is 0.326 e. The number of carbonyl (C=O) groups excluding carboxylic acids is 1. The van der Waals surface area contributed by atoms with E-state index in [4.69, 9.17) is 10.2 Å². The second-order valence-corrected chi connectivity index (χ2v) is 5.23. The molecule has 0 saturated heterocycles. The van der Waals surface area contributed by atoms with E-state index in [-0.39, 0.29) is 6.04 Å². The van der Waals surface area contributed by atoms with Crippen LogP contribution in [0.2, 0.25) is 0 Å². The summed E-state index contributed by atoms with van der Waals surface area (Å²) in [4.78, 5) is 33.0. The lowest BCUT2D eigenvalue weighted by molar-refractivity contribution is -0.145. The van der Waals surface area contributed by atoms with Gasteiger partial charge in [-0.15, -0.1) is 0 Å². The van der Waals surface area contributed by atoms with Gasteiger partial charge in [-0.25, -0.2) is 9.59 Å². The highest BCUT2D eigenvalue weighted by Crippen LogP contribution is 2.26. The second-order valence-electron chi connectivity index (χ2n) is 5.23. The van der Waals surface area contributed by atoms with Gasteiger partial charge in [-0.1, -0.05) is 13.3 Å². The van der Waals surface area contributed by atoms with E-state index in [0.29, 0.717) is 5.92 Å². The summed E-state index contributed by atoms with van der Waals surface area (Å²) >= 11 is 0. The Morgan fingerprint density at radius 1 is 1.15 bits per heavy atom. The van der Waals surface area contributed by atoms with Crippen molar-refractivity contribution in [1.29, 1.82) is 0 Å². The number of carboxylic acid groups (broad SMARTS) is 2. The normalized spacial score (nSPS) is 23.6. The lowest BCUT2D eigenvalue weighted by atomic mass is 9.85. The molecule has 2 amide bonds. The summed E-state index contributed by atoms with van der Waals surface area (Å²) in [6, 6.07) is -1.98. The van der Waals surface area contributed by atoms with Crippen LogP contribution in [-0.4, -0.2) is 40.3 Å². The molecule has 1 aliphatic rings. The molecule has 0 spiro atoms. The highest BCUT2D eigenvalue weighted by molar-refractivity contribution is 5.86. The molecule has 1 saturated carbocycles. The predicted molar refractivity (Wildman–Crippen MR) is 71.4 cm³/mol. The Balaban J connectivity index is 2.38. The van der Waals surface area contributed by atoms with Gasteiger partial charge >= 0.3 is 18.0 Å². The number of hydrogen-bond donors (Lipinski definition) is 4. The van der Waals surface area contributed by atoms with Crippen molar-refractivity contribution in [1.82, 2.24) is 10.6 Å². The van der Waals surface area contributed by atoms with Crippen molar-refractivity contribution >= 4 is 18.0 Å². The number of aliphatic carboxylic acids is 2. The van der Waals surface area contributed by atoms with Crippen LogP contribution in [0.5, 0.6) is 0 Å². The minimum absolute atomic E-state index is 0.0390. The van der Waals surface area contributed by atoms with Crippen molar-refractivity contribution in [2.45, 2.75) is 57.5 Å². The van der Waals surface area contributed by atoms with Crippen LogP contribution in [0, 0.1) is 5.92 Å². The minimum Gasteiger partial charge on any atom is -0.481 e. The van der Waals surface area contributed by atoms with Gasteiger partial charge in [0.25, 0.3) is 0 Å². The van der Waals surface area contributed by atoms with Crippen LogP contribution in [0.4, 0.5) is 4.79 Å². The van der Waals surface area contributed by atoms with Gasteiger partial charge in [0.2, 0.25) is 0 Å².